The smallest absolute Gasteiger partial charge is 0.319 e. The van der Waals surface area contributed by atoms with Gasteiger partial charge in [-0.1, -0.05) is 0 Å². The highest BCUT2D eigenvalue weighted by molar-refractivity contribution is 8.01. The number of thioether (sulfide) groups is 1. The van der Waals surface area contributed by atoms with Crippen LogP contribution < -0.4 is 0 Å². The average molecular weight is 230 g/mol. The van der Waals surface area contributed by atoms with Gasteiger partial charge < -0.3 is 14.5 Å². The topological polar surface area (TPSA) is 32.8 Å². The number of nitrogens with zero attached hydrogens (tertiary/aromatic N) is 2. The number of rotatable bonds is 1. The van der Waals surface area contributed by atoms with E-state index in [1.807, 2.05) is 16.7 Å². The average Bonchev–Trinajstić information content (AvgIpc) is 2.58. The molecule has 15 heavy (non-hydrogen) atoms. The van der Waals surface area contributed by atoms with E-state index in [-0.39, 0.29) is 6.03 Å². The van der Waals surface area contributed by atoms with Gasteiger partial charge in [-0.2, -0.15) is 0 Å². The number of carbonyl (C=O) groups is 1. The number of likely N-dealkylation sites (tertiary alicyclic amines) is 1. The fourth-order valence-corrected chi connectivity index (χ4v) is 3.83. The van der Waals surface area contributed by atoms with E-state index in [0.717, 1.165) is 25.3 Å². The number of carbonyl (C=O) groups excluding carboxylic acids is 1. The molecular weight excluding hydrogens is 212 g/mol. The molecule has 0 saturated carbocycles. The molecule has 0 aromatic rings. The lowest BCUT2D eigenvalue weighted by molar-refractivity contribution is 0.0724. The molecular formula is C10H18N2O2S. The monoisotopic (exact) mass is 230 g/mol. The summed E-state index contributed by atoms with van der Waals surface area (Å²) in [5.41, 5.74) is 0. The van der Waals surface area contributed by atoms with Crippen molar-refractivity contribution in [1.29, 1.82) is 0 Å². The second kappa shape index (κ2) is 3.87. The molecule has 2 amide bonds. The van der Waals surface area contributed by atoms with Gasteiger partial charge >= 0.3 is 6.03 Å². The Labute approximate surface area is 94.9 Å². The molecule has 1 unspecified atom stereocenters. The summed E-state index contributed by atoms with van der Waals surface area (Å²) in [7, 11) is 5.37. The molecule has 4 nitrogen and oxygen atoms in total. The Morgan fingerprint density at radius 1 is 1.53 bits per heavy atom. The number of hydrogen-bond donors (Lipinski definition) is 0. The molecule has 2 aliphatic heterocycles. The SMILES string of the molecule is COC1CSC2(C1)CN(C(=O)N(C)C)C2. The van der Waals surface area contributed by atoms with E-state index in [9.17, 15) is 4.79 Å². The van der Waals surface area contributed by atoms with Gasteiger partial charge in [0.05, 0.1) is 10.9 Å². The summed E-state index contributed by atoms with van der Waals surface area (Å²) >= 11 is 1.96. The summed E-state index contributed by atoms with van der Waals surface area (Å²) in [5.74, 6) is 1.07. The van der Waals surface area contributed by atoms with Gasteiger partial charge in [0.1, 0.15) is 0 Å². The zero-order valence-corrected chi connectivity index (χ0v) is 10.3. The Bertz CT molecular complexity index is 264. The highest BCUT2D eigenvalue weighted by atomic mass is 32.2. The third kappa shape index (κ3) is 1.95. The lowest BCUT2D eigenvalue weighted by atomic mass is 9.93. The highest BCUT2D eigenvalue weighted by Crippen LogP contribution is 2.45. The van der Waals surface area contributed by atoms with Crippen molar-refractivity contribution < 1.29 is 9.53 Å². The van der Waals surface area contributed by atoms with E-state index < -0.39 is 0 Å². The molecule has 0 radical (unpaired) electrons. The van der Waals surface area contributed by atoms with Crippen LogP contribution in [0.2, 0.25) is 0 Å². The first-order chi connectivity index (χ1) is 7.06. The van der Waals surface area contributed by atoms with E-state index in [4.69, 9.17) is 4.74 Å². The van der Waals surface area contributed by atoms with Crippen molar-refractivity contribution in [1.82, 2.24) is 9.80 Å². The van der Waals surface area contributed by atoms with Crippen molar-refractivity contribution in [3.05, 3.63) is 0 Å². The molecule has 2 saturated heterocycles. The minimum absolute atomic E-state index is 0.127. The molecule has 5 heteroatoms. The molecule has 2 fully saturated rings. The molecule has 1 spiro atoms. The Kier molecular flexibility index (Phi) is 2.85. The predicted molar refractivity (Wildman–Crippen MR) is 61.3 cm³/mol. The number of amides is 2. The Morgan fingerprint density at radius 2 is 2.20 bits per heavy atom. The van der Waals surface area contributed by atoms with Crippen LogP contribution in [-0.2, 0) is 4.74 Å². The number of hydrogen-bond acceptors (Lipinski definition) is 3. The third-order valence-corrected chi connectivity index (χ3v) is 4.70. The van der Waals surface area contributed by atoms with Gasteiger partial charge in [0, 0.05) is 40.0 Å². The first-order valence-electron chi connectivity index (χ1n) is 5.19. The van der Waals surface area contributed by atoms with Crippen LogP contribution in [0.15, 0.2) is 0 Å². The van der Waals surface area contributed by atoms with Crippen molar-refractivity contribution >= 4 is 17.8 Å². The van der Waals surface area contributed by atoms with Crippen LogP contribution in [-0.4, -0.2) is 66.7 Å². The van der Waals surface area contributed by atoms with Gasteiger partial charge in [0.2, 0.25) is 0 Å². The van der Waals surface area contributed by atoms with Crippen molar-refractivity contribution in [3.8, 4) is 0 Å². The molecule has 2 heterocycles. The second-order valence-corrected chi connectivity index (χ2v) is 6.08. The van der Waals surface area contributed by atoms with E-state index >= 15 is 0 Å². The summed E-state index contributed by atoms with van der Waals surface area (Å²) in [6.07, 6.45) is 1.47. The van der Waals surface area contributed by atoms with Crippen LogP contribution in [0.5, 0.6) is 0 Å². The number of methoxy groups -OCH3 is 1. The molecule has 0 N–H and O–H groups in total. The zero-order valence-electron chi connectivity index (χ0n) is 9.52. The Morgan fingerprint density at radius 3 is 2.67 bits per heavy atom. The standard InChI is InChI=1S/C10H18N2O2S/c1-11(2)9(13)12-6-10(7-12)4-8(14-3)5-15-10/h8H,4-7H2,1-3H3. The van der Waals surface area contributed by atoms with Crippen LogP contribution in [0, 0.1) is 0 Å². The summed E-state index contributed by atoms with van der Waals surface area (Å²) in [4.78, 5) is 15.2. The lowest BCUT2D eigenvalue weighted by Crippen LogP contribution is -2.62. The van der Waals surface area contributed by atoms with Crippen LogP contribution >= 0.6 is 11.8 Å². The minimum atomic E-state index is 0.127. The molecule has 1 atom stereocenters. The van der Waals surface area contributed by atoms with Crippen LogP contribution in [0.3, 0.4) is 0 Å². The molecule has 2 rings (SSSR count). The lowest BCUT2D eigenvalue weighted by Gasteiger charge is -2.48. The summed E-state index contributed by atoms with van der Waals surface area (Å²) in [6.45, 7) is 1.77. The molecule has 86 valence electrons. The van der Waals surface area contributed by atoms with Gasteiger partial charge in [-0.05, 0) is 6.42 Å². The highest BCUT2D eigenvalue weighted by Gasteiger charge is 2.50. The van der Waals surface area contributed by atoms with E-state index in [1.54, 1.807) is 26.1 Å². The van der Waals surface area contributed by atoms with Crippen LogP contribution in [0.1, 0.15) is 6.42 Å². The minimum Gasteiger partial charge on any atom is -0.381 e. The van der Waals surface area contributed by atoms with Gasteiger partial charge in [-0.15, -0.1) is 11.8 Å². The van der Waals surface area contributed by atoms with Gasteiger partial charge in [0.25, 0.3) is 0 Å². The molecule has 2 aliphatic rings. The third-order valence-electron chi connectivity index (χ3n) is 3.12. The first kappa shape index (κ1) is 11.1. The van der Waals surface area contributed by atoms with E-state index in [1.165, 1.54) is 0 Å². The maximum Gasteiger partial charge on any atom is 0.319 e. The summed E-state index contributed by atoms with van der Waals surface area (Å²) in [5, 5.41) is 0. The molecule has 0 aromatic heterocycles. The van der Waals surface area contributed by atoms with Crippen LogP contribution in [0.4, 0.5) is 4.79 Å². The maximum atomic E-state index is 11.6. The summed E-state index contributed by atoms with van der Waals surface area (Å²) < 4.78 is 5.65. The van der Waals surface area contributed by atoms with Crippen molar-refractivity contribution in [2.45, 2.75) is 17.3 Å². The Hall–Kier alpha value is -0.420. The fraction of sp³-hybridized carbons (Fsp3) is 0.900. The summed E-state index contributed by atoms with van der Waals surface area (Å²) in [6, 6.07) is 0.127. The van der Waals surface area contributed by atoms with E-state index in [2.05, 4.69) is 0 Å². The van der Waals surface area contributed by atoms with Crippen molar-refractivity contribution in [2.75, 3.05) is 40.0 Å². The number of urea groups is 1. The molecule has 0 aromatic carbocycles. The number of ether oxygens (including phenoxy) is 1. The maximum absolute atomic E-state index is 11.6. The largest absolute Gasteiger partial charge is 0.381 e. The second-order valence-electron chi connectivity index (χ2n) is 4.59. The predicted octanol–water partition coefficient (Wildman–Crippen LogP) is 0.874. The van der Waals surface area contributed by atoms with Crippen molar-refractivity contribution in [2.24, 2.45) is 0 Å². The van der Waals surface area contributed by atoms with Crippen molar-refractivity contribution in [3.63, 3.8) is 0 Å². The first-order valence-corrected chi connectivity index (χ1v) is 6.18. The molecule has 0 aliphatic carbocycles. The fourth-order valence-electron chi connectivity index (χ4n) is 2.24. The van der Waals surface area contributed by atoms with Gasteiger partial charge in [-0.3, -0.25) is 0 Å². The molecule has 0 bridgehead atoms. The van der Waals surface area contributed by atoms with Gasteiger partial charge in [0.15, 0.2) is 0 Å². The van der Waals surface area contributed by atoms with Crippen LogP contribution in [0.25, 0.3) is 0 Å². The normalized spacial score (nSPS) is 27.9. The van der Waals surface area contributed by atoms with Gasteiger partial charge in [-0.25, -0.2) is 4.79 Å². The Balaban J connectivity index is 1.85. The zero-order chi connectivity index (χ0) is 11.1. The van der Waals surface area contributed by atoms with E-state index in [0.29, 0.717) is 10.9 Å². The quantitative estimate of drug-likeness (QED) is 0.670.